The third kappa shape index (κ3) is 5.76. The molecule has 4 rings (SSSR count). The fourth-order valence-electron chi connectivity index (χ4n) is 3.52. The van der Waals surface area contributed by atoms with Gasteiger partial charge in [0.05, 0.1) is 18.1 Å². The number of anilines is 1. The lowest BCUT2D eigenvalue weighted by Gasteiger charge is -2.21. The summed E-state index contributed by atoms with van der Waals surface area (Å²) < 4.78 is 35.7. The summed E-state index contributed by atoms with van der Waals surface area (Å²) in [4.78, 5) is 17.0. The smallest absolute Gasteiger partial charge is 0.290 e. The molecule has 0 aliphatic carbocycles. The van der Waals surface area contributed by atoms with Gasteiger partial charge in [-0.25, -0.2) is 23.1 Å². The number of benzene rings is 2. The number of para-hydroxylation sites is 1. The standard InChI is InChI=1S/C23H25N5O3S.CH2O2/c1-23(2,3)27-32(29,30)20-13-16(14-25-21(20)31-4)15-10-11-18-19(12-15)28(22(24)26-18)17-8-6-5-7-9-17;2-1-3/h5-14,27H,1-4H3,(H2,24,26);1H,(H,2,3). The highest BCUT2D eigenvalue weighted by atomic mass is 32.2. The van der Waals surface area contributed by atoms with Crippen LogP contribution in [-0.2, 0) is 14.8 Å². The second kappa shape index (κ2) is 10.1. The van der Waals surface area contributed by atoms with Crippen molar-refractivity contribution < 1.29 is 23.1 Å². The van der Waals surface area contributed by atoms with Crippen LogP contribution >= 0.6 is 0 Å². The van der Waals surface area contributed by atoms with E-state index >= 15 is 0 Å². The van der Waals surface area contributed by atoms with Crippen molar-refractivity contribution in [2.24, 2.45) is 0 Å². The van der Waals surface area contributed by atoms with Crippen LogP contribution in [0.2, 0.25) is 0 Å². The molecule has 0 radical (unpaired) electrons. The molecule has 0 amide bonds. The van der Waals surface area contributed by atoms with E-state index in [9.17, 15) is 8.42 Å². The number of fused-ring (bicyclic) bond motifs is 1. The van der Waals surface area contributed by atoms with Gasteiger partial charge in [0.15, 0.2) is 0 Å². The van der Waals surface area contributed by atoms with Gasteiger partial charge >= 0.3 is 0 Å². The summed E-state index contributed by atoms with van der Waals surface area (Å²) in [6, 6.07) is 16.9. The summed E-state index contributed by atoms with van der Waals surface area (Å²) in [5.41, 5.74) is 9.36. The minimum atomic E-state index is -3.86. The SMILES string of the molecule is COc1ncc(-c2ccc3nc(N)n(-c4ccccc4)c3c2)cc1S(=O)(=O)NC(C)(C)C.O=CO. The van der Waals surface area contributed by atoms with Crippen molar-refractivity contribution in [2.45, 2.75) is 31.2 Å². The Labute approximate surface area is 203 Å². The van der Waals surface area contributed by atoms with Gasteiger partial charge < -0.3 is 15.6 Å². The molecule has 11 heteroatoms. The van der Waals surface area contributed by atoms with Crippen LogP contribution in [0, 0.1) is 0 Å². The number of pyridine rings is 1. The highest BCUT2D eigenvalue weighted by molar-refractivity contribution is 7.89. The zero-order chi connectivity index (χ0) is 25.8. The van der Waals surface area contributed by atoms with Gasteiger partial charge in [0.2, 0.25) is 21.9 Å². The van der Waals surface area contributed by atoms with Crippen LogP contribution in [0.3, 0.4) is 0 Å². The summed E-state index contributed by atoms with van der Waals surface area (Å²) in [6.45, 7) is 5.08. The van der Waals surface area contributed by atoms with E-state index in [1.807, 2.05) is 53.1 Å². The maximum absolute atomic E-state index is 13.0. The maximum atomic E-state index is 13.0. The monoisotopic (exact) mass is 497 g/mol. The number of carbonyl (C=O) groups is 1. The van der Waals surface area contributed by atoms with Crippen molar-refractivity contribution in [3.63, 3.8) is 0 Å². The van der Waals surface area contributed by atoms with Crippen LogP contribution < -0.4 is 15.2 Å². The number of carboxylic acid groups (broad SMARTS) is 1. The number of imidazole rings is 1. The van der Waals surface area contributed by atoms with E-state index in [-0.39, 0.29) is 17.2 Å². The average Bonchev–Trinajstić information content (AvgIpc) is 3.13. The number of ether oxygens (including phenoxy) is 1. The zero-order valence-corrected chi connectivity index (χ0v) is 20.6. The number of nitrogen functional groups attached to an aromatic ring is 1. The summed E-state index contributed by atoms with van der Waals surface area (Å²) in [5.74, 6) is 0.402. The van der Waals surface area contributed by atoms with Crippen LogP contribution in [-0.4, -0.2) is 47.2 Å². The highest BCUT2D eigenvalue weighted by Gasteiger charge is 2.27. The molecule has 0 saturated heterocycles. The van der Waals surface area contributed by atoms with Gasteiger partial charge in [-0.3, -0.25) is 9.36 Å². The molecule has 4 aromatic rings. The molecule has 0 fully saturated rings. The Bertz CT molecular complexity index is 1440. The van der Waals surface area contributed by atoms with E-state index in [0.29, 0.717) is 11.5 Å². The lowest BCUT2D eigenvalue weighted by Crippen LogP contribution is -2.40. The molecule has 184 valence electrons. The Morgan fingerprint density at radius 1 is 1.09 bits per heavy atom. The third-order valence-corrected chi connectivity index (χ3v) is 6.52. The Morgan fingerprint density at radius 2 is 1.74 bits per heavy atom. The van der Waals surface area contributed by atoms with E-state index in [4.69, 9.17) is 20.4 Å². The second-order valence-electron chi connectivity index (χ2n) is 8.54. The molecule has 0 spiro atoms. The van der Waals surface area contributed by atoms with E-state index in [1.165, 1.54) is 7.11 Å². The number of nitrogens with zero attached hydrogens (tertiary/aromatic N) is 3. The summed E-state index contributed by atoms with van der Waals surface area (Å²) >= 11 is 0. The van der Waals surface area contributed by atoms with Gasteiger partial charge in [0, 0.05) is 23.0 Å². The molecule has 10 nitrogen and oxygen atoms in total. The number of hydrogen-bond acceptors (Lipinski definition) is 7. The number of sulfonamides is 1. The van der Waals surface area contributed by atoms with Crippen molar-refractivity contribution in [1.82, 2.24) is 19.3 Å². The Balaban J connectivity index is 0.00000108. The predicted octanol–water partition coefficient (Wildman–Crippen LogP) is 3.46. The van der Waals surface area contributed by atoms with Crippen molar-refractivity contribution in [2.75, 3.05) is 12.8 Å². The second-order valence-corrected chi connectivity index (χ2v) is 10.2. The molecular weight excluding hydrogens is 470 g/mol. The highest BCUT2D eigenvalue weighted by Crippen LogP contribution is 2.31. The molecule has 0 aliphatic heterocycles. The molecule has 0 bridgehead atoms. The van der Waals surface area contributed by atoms with Gasteiger partial charge in [0.25, 0.3) is 6.47 Å². The van der Waals surface area contributed by atoms with Gasteiger partial charge in [-0.1, -0.05) is 24.3 Å². The van der Waals surface area contributed by atoms with E-state index in [1.54, 1.807) is 33.0 Å². The quantitative estimate of drug-likeness (QED) is 0.355. The fourth-order valence-corrected chi connectivity index (χ4v) is 5.08. The molecule has 2 aromatic carbocycles. The van der Waals surface area contributed by atoms with E-state index in [0.717, 1.165) is 22.3 Å². The van der Waals surface area contributed by atoms with Crippen LogP contribution in [0.5, 0.6) is 5.88 Å². The largest absolute Gasteiger partial charge is 0.483 e. The van der Waals surface area contributed by atoms with Gasteiger partial charge in [-0.2, -0.15) is 0 Å². The predicted molar refractivity (Wildman–Crippen MR) is 134 cm³/mol. The molecular formula is C24H27N5O5S. The van der Waals surface area contributed by atoms with Crippen LogP contribution in [0.4, 0.5) is 5.95 Å². The zero-order valence-electron chi connectivity index (χ0n) is 19.8. The van der Waals surface area contributed by atoms with E-state index < -0.39 is 15.6 Å². The van der Waals surface area contributed by atoms with Crippen molar-refractivity contribution in [3.8, 4) is 22.7 Å². The Morgan fingerprint density at radius 3 is 2.34 bits per heavy atom. The van der Waals surface area contributed by atoms with Gasteiger partial charge in [0.1, 0.15) is 4.90 Å². The number of rotatable bonds is 5. The first-order chi connectivity index (χ1) is 16.5. The lowest BCUT2D eigenvalue weighted by molar-refractivity contribution is -0.122. The van der Waals surface area contributed by atoms with E-state index in [2.05, 4.69) is 14.7 Å². The summed E-state index contributed by atoms with van der Waals surface area (Å²) in [5, 5.41) is 6.89. The van der Waals surface area contributed by atoms with Crippen LogP contribution in [0.25, 0.3) is 27.8 Å². The molecule has 2 heterocycles. The molecule has 35 heavy (non-hydrogen) atoms. The fraction of sp³-hybridized carbons (Fsp3) is 0.208. The minimum Gasteiger partial charge on any atom is -0.483 e. The first-order valence-corrected chi connectivity index (χ1v) is 12.0. The van der Waals surface area contributed by atoms with Crippen molar-refractivity contribution in [3.05, 3.63) is 60.8 Å². The molecule has 0 aliphatic rings. The number of hydrogen-bond donors (Lipinski definition) is 3. The number of nitrogens with two attached hydrogens (primary N) is 1. The third-order valence-electron chi connectivity index (χ3n) is 4.77. The van der Waals surface area contributed by atoms with Crippen molar-refractivity contribution in [1.29, 1.82) is 0 Å². The molecule has 4 N–H and O–H groups in total. The normalized spacial score (nSPS) is 11.5. The summed E-state index contributed by atoms with van der Waals surface area (Å²) in [6.07, 6.45) is 1.59. The molecule has 2 aromatic heterocycles. The molecule has 0 unspecified atom stereocenters. The van der Waals surface area contributed by atoms with Crippen LogP contribution in [0.1, 0.15) is 20.8 Å². The van der Waals surface area contributed by atoms with Gasteiger partial charge in [-0.05, 0) is 56.7 Å². The van der Waals surface area contributed by atoms with Crippen LogP contribution in [0.15, 0.2) is 65.7 Å². The topological polar surface area (TPSA) is 149 Å². The van der Waals surface area contributed by atoms with Crippen molar-refractivity contribution >= 4 is 33.5 Å². The first-order valence-electron chi connectivity index (χ1n) is 10.5. The first kappa shape index (κ1) is 25.7. The number of nitrogens with one attached hydrogen (secondary N) is 1. The minimum absolute atomic E-state index is 0.0244. The maximum Gasteiger partial charge on any atom is 0.290 e. The lowest BCUT2D eigenvalue weighted by atomic mass is 10.1. The number of methoxy groups -OCH3 is 1. The summed E-state index contributed by atoms with van der Waals surface area (Å²) in [7, 11) is -2.46. The molecule has 0 saturated carbocycles. The molecule has 0 atom stereocenters. The van der Waals surface area contributed by atoms with Gasteiger partial charge in [-0.15, -0.1) is 0 Å². The number of aromatic nitrogens is 3. The average molecular weight is 498 g/mol. The Kier molecular flexibility index (Phi) is 7.42. The Hall–Kier alpha value is -3.96.